The highest BCUT2D eigenvalue weighted by Crippen LogP contribution is 2.34. The van der Waals surface area contributed by atoms with Crippen LogP contribution in [-0.2, 0) is 13.1 Å². The number of hydrogen-bond acceptors (Lipinski definition) is 2. The molecule has 0 radical (unpaired) electrons. The van der Waals surface area contributed by atoms with E-state index < -0.39 is 0 Å². The third-order valence-corrected chi connectivity index (χ3v) is 4.29. The maximum Gasteiger partial charge on any atom is 0.123 e. The lowest BCUT2D eigenvalue weighted by molar-refractivity contribution is 0.562. The fourth-order valence-corrected chi connectivity index (χ4v) is 3.14. The number of aryl methyl sites for hydroxylation is 1. The Balaban J connectivity index is 1.72. The molecule has 20 heavy (non-hydrogen) atoms. The second-order valence-corrected chi connectivity index (χ2v) is 5.94. The minimum absolute atomic E-state index is 0.727. The molecule has 1 heterocycles. The van der Waals surface area contributed by atoms with E-state index in [1.165, 1.54) is 30.6 Å². The molecule has 0 saturated heterocycles. The number of hydrogen-bond donors (Lipinski definition) is 1. The average Bonchev–Trinajstić information content (AvgIpc) is 3.11. The zero-order valence-corrected chi connectivity index (χ0v) is 12.6. The van der Waals surface area contributed by atoms with Crippen molar-refractivity contribution >= 4 is 11.0 Å². The van der Waals surface area contributed by atoms with Crippen molar-refractivity contribution in [3.8, 4) is 0 Å². The second-order valence-electron chi connectivity index (χ2n) is 5.94. The molecule has 1 saturated carbocycles. The first-order valence-corrected chi connectivity index (χ1v) is 8.01. The van der Waals surface area contributed by atoms with Crippen LogP contribution in [0, 0.1) is 5.92 Å². The van der Waals surface area contributed by atoms with Gasteiger partial charge in [0, 0.05) is 12.6 Å². The number of imidazole rings is 1. The van der Waals surface area contributed by atoms with Crippen LogP contribution in [0.3, 0.4) is 0 Å². The third-order valence-electron chi connectivity index (χ3n) is 4.29. The standard InChI is InChI=1S/C17H25N3/c1-3-7-13-11-15(13)18-12-17-19-14-8-5-6-9-16(14)20(17)10-4-2/h5-6,8-9,13,15,18H,3-4,7,10-12H2,1-2H3. The molecule has 0 spiro atoms. The van der Waals surface area contributed by atoms with Crippen molar-refractivity contribution in [2.24, 2.45) is 5.92 Å². The summed E-state index contributed by atoms with van der Waals surface area (Å²) in [4.78, 5) is 4.80. The number of benzene rings is 1. The van der Waals surface area contributed by atoms with E-state index in [0.29, 0.717) is 0 Å². The summed E-state index contributed by atoms with van der Waals surface area (Å²) < 4.78 is 2.37. The number of para-hydroxylation sites is 2. The number of nitrogens with zero attached hydrogens (tertiary/aromatic N) is 2. The Kier molecular flexibility index (Phi) is 4.06. The Morgan fingerprint density at radius 3 is 2.90 bits per heavy atom. The van der Waals surface area contributed by atoms with Crippen molar-refractivity contribution in [2.45, 2.75) is 58.7 Å². The topological polar surface area (TPSA) is 29.9 Å². The summed E-state index contributed by atoms with van der Waals surface area (Å²) in [7, 11) is 0. The highest BCUT2D eigenvalue weighted by molar-refractivity contribution is 5.75. The summed E-state index contributed by atoms with van der Waals surface area (Å²) in [5.74, 6) is 2.10. The predicted octanol–water partition coefficient (Wildman–Crippen LogP) is 3.72. The first kappa shape index (κ1) is 13.6. The van der Waals surface area contributed by atoms with Gasteiger partial charge < -0.3 is 9.88 Å². The smallest absolute Gasteiger partial charge is 0.123 e. The largest absolute Gasteiger partial charge is 0.327 e. The summed E-state index contributed by atoms with van der Waals surface area (Å²) in [5, 5.41) is 3.68. The van der Waals surface area contributed by atoms with Gasteiger partial charge in [0.2, 0.25) is 0 Å². The van der Waals surface area contributed by atoms with Crippen LogP contribution in [0.5, 0.6) is 0 Å². The van der Waals surface area contributed by atoms with Crippen LogP contribution in [0.25, 0.3) is 11.0 Å². The molecule has 2 unspecified atom stereocenters. The molecule has 1 fully saturated rings. The zero-order chi connectivity index (χ0) is 13.9. The van der Waals surface area contributed by atoms with E-state index in [1.54, 1.807) is 0 Å². The van der Waals surface area contributed by atoms with Crippen molar-refractivity contribution < 1.29 is 0 Å². The second kappa shape index (κ2) is 5.96. The summed E-state index contributed by atoms with van der Waals surface area (Å²) in [6, 6.07) is 9.19. The molecule has 3 heteroatoms. The SMILES string of the molecule is CCCC1CC1NCc1nc2ccccc2n1CCC. The Hall–Kier alpha value is -1.35. The lowest BCUT2D eigenvalue weighted by atomic mass is 10.2. The van der Waals surface area contributed by atoms with E-state index in [4.69, 9.17) is 4.98 Å². The highest BCUT2D eigenvalue weighted by Gasteiger charge is 2.35. The molecule has 3 rings (SSSR count). The van der Waals surface area contributed by atoms with Gasteiger partial charge in [0.1, 0.15) is 5.82 Å². The van der Waals surface area contributed by atoms with Gasteiger partial charge >= 0.3 is 0 Å². The normalized spacial score (nSPS) is 21.5. The lowest BCUT2D eigenvalue weighted by Crippen LogP contribution is -2.20. The van der Waals surface area contributed by atoms with Gasteiger partial charge in [-0.15, -0.1) is 0 Å². The van der Waals surface area contributed by atoms with Crippen molar-refractivity contribution in [2.75, 3.05) is 0 Å². The first-order chi connectivity index (χ1) is 9.83. The van der Waals surface area contributed by atoms with Gasteiger partial charge in [0.15, 0.2) is 0 Å². The van der Waals surface area contributed by atoms with Gasteiger partial charge in [0.25, 0.3) is 0 Å². The number of fused-ring (bicyclic) bond motifs is 1. The maximum atomic E-state index is 4.80. The predicted molar refractivity (Wildman–Crippen MR) is 83.7 cm³/mol. The van der Waals surface area contributed by atoms with Crippen molar-refractivity contribution in [1.82, 2.24) is 14.9 Å². The van der Waals surface area contributed by atoms with Crippen LogP contribution < -0.4 is 5.32 Å². The van der Waals surface area contributed by atoms with Gasteiger partial charge in [-0.2, -0.15) is 0 Å². The summed E-state index contributed by atoms with van der Waals surface area (Å²) in [5.41, 5.74) is 2.39. The monoisotopic (exact) mass is 271 g/mol. The molecule has 108 valence electrons. The molecule has 1 aromatic carbocycles. The third kappa shape index (κ3) is 2.73. The minimum atomic E-state index is 0.727. The maximum absolute atomic E-state index is 4.80. The number of nitrogens with one attached hydrogen (secondary N) is 1. The van der Waals surface area contributed by atoms with Crippen LogP contribution in [0.2, 0.25) is 0 Å². The number of rotatable bonds is 7. The average molecular weight is 271 g/mol. The molecule has 3 nitrogen and oxygen atoms in total. The van der Waals surface area contributed by atoms with Crippen molar-refractivity contribution in [3.05, 3.63) is 30.1 Å². The highest BCUT2D eigenvalue weighted by atomic mass is 15.1. The van der Waals surface area contributed by atoms with Gasteiger partial charge in [0.05, 0.1) is 17.6 Å². The van der Waals surface area contributed by atoms with E-state index in [2.05, 4.69) is 48.0 Å². The Morgan fingerprint density at radius 2 is 2.10 bits per heavy atom. The molecule has 1 aliphatic carbocycles. The fourth-order valence-electron chi connectivity index (χ4n) is 3.14. The molecule has 2 aromatic rings. The molecule has 1 N–H and O–H groups in total. The zero-order valence-electron chi connectivity index (χ0n) is 12.6. The summed E-state index contributed by atoms with van der Waals surface area (Å²) >= 11 is 0. The van der Waals surface area contributed by atoms with Gasteiger partial charge in [-0.05, 0) is 37.3 Å². The Labute approximate surface area is 121 Å². The summed E-state index contributed by atoms with van der Waals surface area (Å²) in [6.45, 7) is 6.46. The Morgan fingerprint density at radius 1 is 1.25 bits per heavy atom. The molecule has 2 atom stereocenters. The molecule has 0 aliphatic heterocycles. The van der Waals surface area contributed by atoms with E-state index in [-0.39, 0.29) is 0 Å². The van der Waals surface area contributed by atoms with Crippen molar-refractivity contribution in [1.29, 1.82) is 0 Å². The Bertz CT molecular complexity index is 573. The summed E-state index contributed by atoms with van der Waals surface area (Å²) in [6.07, 6.45) is 5.16. The van der Waals surface area contributed by atoms with Crippen LogP contribution in [0.4, 0.5) is 0 Å². The quantitative estimate of drug-likeness (QED) is 0.831. The van der Waals surface area contributed by atoms with Gasteiger partial charge in [-0.1, -0.05) is 32.4 Å². The molecular formula is C17H25N3. The van der Waals surface area contributed by atoms with Crippen molar-refractivity contribution in [3.63, 3.8) is 0 Å². The minimum Gasteiger partial charge on any atom is -0.327 e. The molecule has 1 aromatic heterocycles. The van der Waals surface area contributed by atoms with Crippen LogP contribution in [0.15, 0.2) is 24.3 Å². The van der Waals surface area contributed by atoms with E-state index >= 15 is 0 Å². The fraction of sp³-hybridized carbons (Fsp3) is 0.588. The van der Waals surface area contributed by atoms with Crippen LogP contribution >= 0.6 is 0 Å². The van der Waals surface area contributed by atoms with Gasteiger partial charge in [-0.25, -0.2) is 4.98 Å². The lowest BCUT2D eigenvalue weighted by Gasteiger charge is -2.08. The molecule has 0 bridgehead atoms. The molecule has 1 aliphatic rings. The molecule has 0 amide bonds. The molecular weight excluding hydrogens is 246 g/mol. The first-order valence-electron chi connectivity index (χ1n) is 8.01. The van der Waals surface area contributed by atoms with Crippen LogP contribution in [-0.4, -0.2) is 15.6 Å². The van der Waals surface area contributed by atoms with E-state index in [0.717, 1.165) is 37.0 Å². The number of aromatic nitrogens is 2. The van der Waals surface area contributed by atoms with E-state index in [1.807, 2.05) is 0 Å². The van der Waals surface area contributed by atoms with Crippen LogP contribution in [0.1, 0.15) is 45.4 Å². The van der Waals surface area contributed by atoms with Gasteiger partial charge in [-0.3, -0.25) is 0 Å². The van der Waals surface area contributed by atoms with E-state index in [9.17, 15) is 0 Å².